The molecule has 0 aromatic carbocycles. The van der Waals surface area contributed by atoms with Crippen LogP contribution >= 0.6 is 0 Å². The number of carbonyl (C=O) groups excluding carboxylic acids is 2. The maximum absolute atomic E-state index is 14.4. The van der Waals surface area contributed by atoms with Crippen molar-refractivity contribution in [2.75, 3.05) is 25.6 Å². The number of hydrogen-bond donors (Lipinski definition) is 0. The third-order valence-corrected chi connectivity index (χ3v) is 7.21. The minimum absolute atomic E-state index is 0.0133. The van der Waals surface area contributed by atoms with Gasteiger partial charge in [-0.3, -0.25) is 14.9 Å². The van der Waals surface area contributed by atoms with Gasteiger partial charge in [0.25, 0.3) is 0 Å². The van der Waals surface area contributed by atoms with Crippen LogP contribution in [0.2, 0.25) is 0 Å². The SMILES string of the molecule is CCOC(=O)[C@@H]1[C@@H](C(C)(C)C)[C@H]([N+](=O)[O-])[C@H](c2cccnc2N(C)C)N1C(=O)C1CCCC(F)(F)C1. The fourth-order valence-corrected chi connectivity index (χ4v) is 5.83. The fraction of sp³-hybridized carbons (Fsp3) is 0.720. The van der Waals surface area contributed by atoms with Crippen LogP contribution < -0.4 is 4.90 Å². The number of aromatic nitrogens is 1. The van der Waals surface area contributed by atoms with Crippen molar-refractivity contribution < 1.29 is 28.0 Å². The first-order valence-electron chi connectivity index (χ1n) is 12.3. The van der Waals surface area contributed by atoms with Crippen LogP contribution in [0, 0.1) is 27.4 Å². The molecule has 2 fully saturated rings. The number of pyridine rings is 1. The predicted octanol–water partition coefficient (Wildman–Crippen LogP) is 4.10. The summed E-state index contributed by atoms with van der Waals surface area (Å²) in [5, 5.41) is 12.7. The Kier molecular flexibility index (Phi) is 7.90. The molecule has 2 aliphatic rings. The first kappa shape index (κ1) is 27.7. The summed E-state index contributed by atoms with van der Waals surface area (Å²) in [6, 6.07) is -0.612. The number of alkyl halides is 2. The van der Waals surface area contributed by atoms with Gasteiger partial charge in [0.2, 0.25) is 17.9 Å². The molecule has 1 aromatic heterocycles. The van der Waals surface area contributed by atoms with E-state index in [2.05, 4.69) is 4.98 Å². The van der Waals surface area contributed by atoms with Crippen molar-refractivity contribution in [3.8, 4) is 0 Å². The average molecular weight is 511 g/mol. The standard InChI is InChI=1S/C25H36F2N4O5/c1-7-36-23(33)20-17(24(2,3)4)19(31(34)35)18(16-11-9-13-28-21(16)29(5)6)30(20)22(32)15-10-8-12-25(26,27)14-15/h9,11,13,15,17-20H,7-8,10,12,14H2,1-6H3/t15?,17-,18-,19-,20-/m0/s1. The number of halogens is 2. The Labute approximate surface area is 210 Å². The van der Waals surface area contributed by atoms with Crippen molar-refractivity contribution in [3.05, 3.63) is 34.0 Å². The molecule has 11 heteroatoms. The highest BCUT2D eigenvalue weighted by molar-refractivity contribution is 5.88. The molecular formula is C25H36F2N4O5. The van der Waals surface area contributed by atoms with E-state index in [0.29, 0.717) is 11.4 Å². The molecule has 1 aliphatic carbocycles. The van der Waals surface area contributed by atoms with Gasteiger partial charge in [-0.2, -0.15) is 0 Å². The predicted molar refractivity (Wildman–Crippen MR) is 129 cm³/mol. The van der Waals surface area contributed by atoms with Crippen molar-refractivity contribution >= 4 is 17.7 Å². The quantitative estimate of drug-likeness (QED) is 0.322. The zero-order chi connectivity index (χ0) is 27.0. The van der Waals surface area contributed by atoms with Gasteiger partial charge in [0.15, 0.2) is 0 Å². The second-order valence-electron chi connectivity index (χ2n) is 11.0. The van der Waals surface area contributed by atoms with Gasteiger partial charge >= 0.3 is 5.97 Å². The summed E-state index contributed by atoms with van der Waals surface area (Å²) >= 11 is 0. The van der Waals surface area contributed by atoms with E-state index in [0.717, 1.165) is 0 Å². The van der Waals surface area contributed by atoms with Crippen LogP contribution in [0.1, 0.15) is 65.0 Å². The van der Waals surface area contributed by atoms with Crippen molar-refractivity contribution in [2.45, 2.75) is 77.4 Å². The molecule has 1 amide bonds. The molecule has 9 nitrogen and oxygen atoms in total. The zero-order valence-corrected chi connectivity index (χ0v) is 21.7. The van der Waals surface area contributed by atoms with Crippen molar-refractivity contribution in [1.29, 1.82) is 0 Å². The highest BCUT2D eigenvalue weighted by Crippen LogP contribution is 2.52. The van der Waals surface area contributed by atoms with Crippen LogP contribution in [0.5, 0.6) is 0 Å². The molecule has 1 saturated heterocycles. The Morgan fingerprint density at radius 1 is 1.33 bits per heavy atom. The zero-order valence-electron chi connectivity index (χ0n) is 21.7. The minimum atomic E-state index is -3.01. The summed E-state index contributed by atoms with van der Waals surface area (Å²) in [7, 11) is 3.44. The third-order valence-electron chi connectivity index (χ3n) is 7.21. The number of ether oxygens (including phenoxy) is 1. The molecule has 1 aromatic rings. The summed E-state index contributed by atoms with van der Waals surface area (Å²) in [4.78, 5) is 46.9. The van der Waals surface area contributed by atoms with Crippen LogP contribution in [0.25, 0.3) is 0 Å². The second kappa shape index (κ2) is 10.3. The fourth-order valence-electron chi connectivity index (χ4n) is 5.83. The van der Waals surface area contributed by atoms with E-state index in [-0.39, 0.29) is 25.9 Å². The van der Waals surface area contributed by atoms with Gasteiger partial charge in [0.05, 0.1) is 12.5 Å². The van der Waals surface area contributed by atoms with E-state index in [1.807, 2.05) is 0 Å². The molecule has 5 atom stereocenters. The molecular weight excluding hydrogens is 474 g/mol. The molecule has 1 saturated carbocycles. The lowest BCUT2D eigenvalue weighted by Crippen LogP contribution is -2.50. The summed E-state index contributed by atoms with van der Waals surface area (Å²) < 4.78 is 34.0. The highest BCUT2D eigenvalue weighted by atomic mass is 19.3. The van der Waals surface area contributed by atoms with E-state index in [4.69, 9.17) is 4.74 Å². The monoisotopic (exact) mass is 510 g/mol. The van der Waals surface area contributed by atoms with Crippen LogP contribution in [0.15, 0.2) is 18.3 Å². The van der Waals surface area contributed by atoms with Gasteiger partial charge in [-0.05, 0) is 31.2 Å². The van der Waals surface area contributed by atoms with Gasteiger partial charge < -0.3 is 14.5 Å². The third kappa shape index (κ3) is 5.29. The lowest BCUT2D eigenvalue weighted by atomic mass is 9.72. The lowest BCUT2D eigenvalue weighted by Gasteiger charge is -2.37. The van der Waals surface area contributed by atoms with Gasteiger partial charge in [0.1, 0.15) is 17.9 Å². The maximum Gasteiger partial charge on any atom is 0.329 e. The Balaban J connectivity index is 2.28. The molecule has 2 heterocycles. The van der Waals surface area contributed by atoms with E-state index in [9.17, 15) is 28.5 Å². The molecule has 0 spiro atoms. The summed E-state index contributed by atoms with van der Waals surface area (Å²) in [5.41, 5.74) is -0.402. The van der Waals surface area contributed by atoms with Gasteiger partial charge in [0, 0.05) is 49.5 Å². The van der Waals surface area contributed by atoms with Crippen LogP contribution in [-0.2, 0) is 14.3 Å². The van der Waals surface area contributed by atoms with Crippen LogP contribution in [0.3, 0.4) is 0 Å². The molecule has 1 aliphatic heterocycles. The normalized spacial score (nSPS) is 28.0. The molecule has 0 N–H and O–H groups in total. The number of rotatable bonds is 6. The van der Waals surface area contributed by atoms with Crippen molar-refractivity contribution in [1.82, 2.24) is 9.88 Å². The smallest absolute Gasteiger partial charge is 0.329 e. The van der Waals surface area contributed by atoms with Crippen LogP contribution in [-0.4, -0.2) is 65.4 Å². The Morgan fingerprint density at radius 3 is 2.53 bits per heavy atom. The second-order valence-corrected chi connectivity index (χ2v) is 11.0. The molecule has 0 bridgehead atoms. The number of anilines is 1. The maximum atomic E-state index is 14.4. The number of esters is 1. The molecule has 1 unspecified atom stereocenters. The molecule has 200 valence electrons. The number of amides is 1. The van der Waals surface area contributed by atoms with Crippen LogP contribution in [0.4, 0.5) is 14.6 Å². The van der Waals surface area contributed by atoms with E-state index in [1.165, 1.54) is 11.1 Å². The van der Waals surface area contributed by atoms with Crippen molar-refractivity contribution in [3.63, 3.8) is 0 Å². The number of nitro groups is 1. The largest absolute Gasteiger partial charge is 0.464 e. The van der Waals surface area contributed by atoms with E-state index in [1.54, 1.807) is 58.8 Å². The number of likely N-dealkylation sites (tertiary alicyclic amines) is 1. The minimum Gasteiger partial charge on any atom is -0.464 e. The first-order chi connectivity index (χ1) is 16.7. The van der Waals surface area contributed by atoms with Gasteiger partial charge in [-0.15, -0.1) is 0 Å². The van der Waals surface area contributed by atoms with Crippen molar-refractivity contribution in [2.24, 2.45) is 17.3 Å². The first-order valence-corrected chi connectivity index (χ1v) is 12.3. The summed E-state index contributed by atoms with van der Waals surface area (Å²) in [5.74, 6) is -6.04. The lowest BCUT2D eigenvalue weighted by molar-refractivity contribution is -0.536. The Morgan fingerprint density at radius 2 is 2.00 bits per heavy atom. The average Bonchev–Trinajstić information content (AvgIpc) is 3.15. The molecule has 3 rings (SSSR count). The summed E-state index contributed by atoms with van der Waals surface area (Å²) in [6.07, 6.45) is 0.957. The molecule has 36 heavy (non-hydrogen) atoms. The Bertz CT molecular complexity index is 997. The number of carbonyl (C=O) groups is 2. The van der Waals surface area contributed by atoms with E-state index < -0.39 is 64.5 Å². The highest BCUT2D eigenvalue weighted by Gasteiger charge is 2.65. The topological polar surface area (TPSA) is 106 Å². The van der Waals surface area contributed by atoms with Gasteiger partial charge in [-0.25, -0.2) is 18.6 Å². The number of nitrogens with zero attached hydrogens (tertiary/aromatic N) is 4. The molecule has 0 radical (unpaired) electrons. The summed E-state index contributed by atoms with van der Waals surface area (Å²) in [6.45, 7) is 6.95. The number of hydrogen-bond acceptors (Lipinski definition) is 7. The van der Waals surface area contributed by atoms with E-state index >= 15 is 0 Å². The Hall–Kier alpha value is -2.85. The van der Waals surface area contributed by atoms with Gasteiger partial charge in [-0.1, -0.05) is 26.8 Å².